The number of imidazole rings is 1. The highest BCUT2D eigenvalue weighted by Gasteiger charge is 2.28. The van der Waals surface area contributed by atoms with Crippen LogP contribution in [-0.2, 0) is 6.54 Å². The van der Waals surface area contributed by atoms with Crippen molar-refractivity contribution >= 4 is 28.4 Å². The molecule has 1 heterocycles. The Bertz CT molecular complexity index is 384. The van der Waals surface area contributed by atoms with E-state index in [1.807, 2.05) is 34.1 Å². The molecule has 1 aromatic heterocycles. The zero-order valence-electron chi connectivity index (χ0n) is 7.73. The Morgan fingerprint density at radius 2 is 2.36 bits per heavy atom. The van der Waals surface area contributed by atoms with Crippen molar-refractivity contribution in [1.29, 1.82) is 0 Å². The lowest BCUT2D eigenvalue weighted by molar-refractivity contribution is -0.390. The Morgan fingerprint density at radius 3 is 2.79 bits per heavy atom. The topological polar surface area (TPSA) is 61.0 Å². The molecule has 0 unspecified atom stereocenters. The third-order valence-corrected chi connectivity index (χ3v) is 3.46. The van der Waals surface area contributed by atoms with Crippen molar-refractivity contribution in [3.63, 3.8) is 0 Å². The van der Waals surface area contributed by atoms with E-state index < -0.39 is 4.92 Å². The molecular weight excluding hydrogens is 297 g/mol. The quantitative estimate of drug-likeness (QED) is 0.488. The number of aromatic nitrogens is 2. The first-order valence-electron chi connectivity index (χ1n) is 4.46. The van der Waals surface area contributed by atoms with Gasteiger partial charge in [0.1, 0.15) is 0 Å². The second kappa shape index (κ2) is 3.48. The summed E-state index contributed by atoms with van der Waals surface area (Å²) >= 11 is 2.00. The second-order valence-corrected chi connectivity index (χ2v) is 4.61. The predicted molar refractivity (Wildman–Crippen MR) is 59.1 cm³/mol. The fourth-order valence-electron chi connectivity index (χ4n) is 1.41. The minimum absolute atomic E-state index is 0.0104. The Balaban J connectivity index is 2.32. The third-order valence-electron chi connectivity index (χ3n) is 2.39. The highest BCUT2D eigenvalue weighted by Crippen LogP contribution is 2.33. The van der Waals surface area contributed by atoms with Crippen LogP contribution in [0.15, 0.2) is 0 Å². The molecule has 0 aromatic carbocycles. The molecule has 0 saturated heterocycles. The van der Waals surface area contributed by atoms with Crippen LogP contribution in [0.25, 0.3) is 0 Å². The molecule has 0 spiro atoms. The largest absolute Gasteiger partial charge is 0.395 e. The SMILES string of the molecule is Cc1nc([N+](=O)[O-])c(I)n1CC1CC1. The van der Waals surface area contributed by atoms with Crippen molar-refractivity contribution in [2.75, 3.05) is 0 Å². The van der Waals surface area contributed by atoms with Gasteiger partial charge in [0.25, 0.3) is 0 Å². The minimum Gasteiger partial charge on any atom is -0.358 e. The lowest BCUT2D eigenvalue weighted by Crippen LogP contribution is -2.04. The van der Waals surface area contributed by atoms with Crippen molar-refractivity contribution in [2.45, 2.75) is 26.3 Å². The molecule has 0 N–H and O–H groups in total. The number of nitrogens with zero attached hydrogens (tertiary/aromatic N) is 3. The van der Waals surface area contributed by atoms with E-state index in [9.17, 15) is 10.1 Å². The van der Waals surface area contributed by atoms with Crippen LogP contribution in [0.1, 0.15) is 18.7 Å². The normalized spacial score (nSPS) is 15.9. The molecule has 1 saturated carbocycles. The second-order valence-electron chi connectivity index (χ2n) is 3.58. The van der Waals surface area contributed by atoms with E-state index >= 15 is 0 Å². The van der Waals surface area contributed by atoms with Crippen LogP contribution in [-0.4, -0.2) is 14.5 Å². The van der Waals surface area contributed by atoms with Gasteiger partial charge in [-0.1, -0.05) is 0 Å². The summed E-state index contributed by atoms with van der Waals surface area (Å²) in [5.41, 5.74) is 0. The Hall–Kier alpha value is -0.660. The first-order chi connectivity index (χ1) is 6.59. The van der Waals surface area contributed by atoms with Crippen LogP contribution in [0.4, 0.5) is 5.82 Å². The number of nitro groups is 1. The Morgan fingerprint density at radius 1 is 1.71 bits per heavy atom. The van der Waals surface area contributed by atoms with Crippen LogP contribution < -0.4 is 0 Å². The van der Waals surface area contributed by atoms with Crippen molar-refractivity contribution in [1.82, 2.24) is 9.55 Å². The summed E-state index contributed by atoms with van der Waals surface area (Å²) < 4.78 is 2.59. The molecule has 0 aliphatic heterocycles. The van der Waals surface area contributed by atoms with Crippen LogP contribution in [0, 0.1) is 26.7 Å². The smallest absolute Gasteiger partial charge is 0.358 e. The van der Waals surface area contributed by atoms with Gasteiger partial charge in [0, 0.05) is 13.5 Å². The molecule has 0 bridgehead atoms. The molecule has 76 valence electrons. The van der Waals surface area contributed by atoms with E-state index in [0.29, 0.717) is 9.62 Å². The highest BCUT2D eigenvalue weighted by atomic mass is 127. The van der Waals surface area contributed by atoms with Crippen molar-refractivity contribution in [3.05, 3.63) is 19.6 Å². The van der Waals surface area contributed by atoms with Crippen LogP contribution in [0.2, 0.25) is 0 Å². The summed E-state index contributed by atoms with van der Waals surface area (Å²) in [6, 6.07) is 0. The van der Waals surface area contributed by atoms with E-state index in [0.717, 1.165) is 12.4 Å². The summed E-state index contributed by atoms with van der Waals surface area (Å²) in [5, 5.41) is 10.6. The molecule has 1 fully saturated rings. The molecule has 1 aliphatic rings. The van der Waals surface area contributed by atoms with Gasteiger partial charge in [-0.15, -0.1) is 0 Å². The average Bonchev–Trinajstić information content (AvgIpc) is 2.87. The number of rotatable bonds is 3. The van der Waals surface area contributed by atoms with Gasteiger partial charge in [-0.3, -0.25) is 4.57 Å². The molecule has 1 aromatic rings. The number of halogens is 1. The summed E-state index contributed by atoms with van der Waals surface area (Å²) in [5.74, 6) is 1.44. The molecule has 1 aliphatic carbocycles. The van der Waals surface area contributed by atoms with E-state index in [1.54, 1.807) is 0 Å². The average molecular weight is 307 g/mol. The van der Waals surface area contributed by atoms with Gasteiger partial charge < -0.3 is 10.1 Å². The minimum atomic E-state index is -0.418. The summed E-state index contributed by atoms with van der Waals surface area (Å²) in [7, 11) is 0. The van der Waals surface area contributed by atoms with Gasteiger partial charge in [-0.05, 0) is 51.3 Å². The van der Waals surface area contributed by atoms with Crippen LogP contribution >= 0.6 is 22.6 Å². The zero-order valence-corrected chi connectivity index (χ0v) is 9.89. The van der Waals surface area contributed by atoms with Gasteiger partial charge in [-0.25, -0.2) is 0 Å². The lowest BCUT2D eigenvalue weighted by atomic mass is 10.4. The summed E-state index contributed by atoms with van der Waals surface area (Å²) in [6.45, 7) is 2.70. The summed E-state index contributed by atoms with van der Waals surface area (Å²) in [4.78, 5) is 14.1. The summed E-state index contributed by atoms with van der Waals surface area (Å²) in [6.07, 6.45) is 2.48. The lowest BCUT2D eigenvalue weighted by Gasteiger charge is -2.01. The maximum absolute atomic E-state index is 10.6. The molecular formula is C8H10IN3O2. The maximum atomic E-state index is 10.6. The number of aryl methyl sites for hydroxylation is 1. The molecule has 5 nitrogen and oxygen atoms in total. The van der Waals surface area contributed by atoms with Gasteiger partial charge in [0.15, 0.2) is 3.70 Å². The number of hydrogen-bond acceptors (Lipinski definition) is 3. The van der Waals surface area contributed by atoms with E-state index in [4.69, 9.17) is 0 Å². The fraction of sp³-hybridized carbons (Fsp3) is 0.625. The fourth-order valence-corrected chi connectivity index (χ4v) is 2.27. The van der Waals surface area contributed by atoms with E-state index in [2.05, 4.69) is 4.98 Å². The number of hydrogen-bond donors (Lipinski definition) is 0. The van der Waals surface area contributed by atoms with Crippen molar-refractivity contribution in [3.8, 4) is 0 Å². The van der Waals surface area contributed by atoms with E-state index in [1.165, 1.54) is 12.8 Å². The maximum Gasteiger partial charge on any atom is 0.395 e. The highest BCUT2D eigenvalue weighted by molar-refractivity contribution is 14.1. The molecule has 6 heteroatoms. The molecule has 2 rings (SSSR count). The van der Waals surface area contributed by atoms with E-state index in [-0.39, 0.29) is 5.82 Å². The standard InChI is InChI=1S/C8H10IN3O2/c1-5-10-8(12(13)14)7(9)11(5)4-6-2-3-6/h6H,2-4H2,1H3. The Labute approximate surface area is 94.8 Å². The molecule has 14 heavy (non-hydrogen) atoms. The Kier molecular flexibility index (Phi) is 2.46. The van der Waals surface area contributed by atoms with Crippen molar-refractivity contribution < 1.29 is 4.92 Å². The van der Waals surface area contributed by atoms with Gasteiger partial charge in [-0.2, -0.15) is 0 Å². The van der Waals surface area contributed by atoms with Gasteiger partial charge in [0.05, 0.1) is 0 Å². The zero-order chi connectivity index (χ0) is 10.3. The van der Waals surface area contributed by atoms with Crippen LogP contribution in [0.3, 0.4) is 0 Å². The predicted octanol–water partition coefficient (Wildman–Crippen LogP) is 2.11. The molecule has 0 radical (unpaired) electrons. The molecule has 0 amide bonds. The first-order valence-corrected chi connectivity index (χ1v) is 5.54. The molecule has 0 atom stereocenters. The first kappa shape index (κ1) is 9.88. The van der Waals surface area contributed by atoms with Crippen LogP contribution in [0.5, 0.6) is 0 Å². The third kappa shape index (κ3) is 1.75. The monoisotopic (exact) mass is 307 g/mol. The van der Waals surface area contributed by atoms with Gasteiger partial charge >= 0.3 is 5.82 Å². The van der Waals surface area contributed by atoms with Gasteiger partial charge in [0.2, 0.25) is 5.82 Å². The van der Waals surface area contributed by atoms with Crippen molar-refractivity contribution in [2.24, 2.45) is 5.92 Å².